The smallest absolute Gasteiger partial charge is 0.115 e. The highest BCUT2D eigenvalue weighted by Crippen LogP contribution is 2.60. The maximum atomic E-state index is 10.2. The number of phenols is 1. The lowest BCUT2D eigenvalue weighted by Crippen LogP contribution is -2.40. The van der Waals surface area contributed by atoms with Crippen LogP contribution in [-0.2, 0) is 11.8 Å². The largest absolute Gasteiger partial charge is 0.508 e. The van der Waals surface area contributed by atoms with Gasteiger partial charge in [-0.3, -0.25) is 0 Å². The summed E-state index contributed by atoms with van der Waals surface area (Å²) < 4.78 is 0. The first-order valence-corrected chi connectivity index (χ1v) is 8.72. The normalized spacial score (nSPS) is 36.8. The van der Waals surface area contributed by atoms with Crippen LogP contribution in [0.2, 0.25) is 0 Å². The molecule has 0 radical (unpaired) electrons. The van der Waals surface area contributed by atoms with Gasteiger partial charge in [-0.15, -0.1) is 0 Å². The second-order valence-corrected chi connectivity index (χ2v) is 7.86. The van der Waals surface area contributed by atoms with Crippen molar-refractivity contribution in [3.63, 3.8) is 0 Å². The van der Waals surface area contributed by atoms with E-state index in [1.807, 2.05) is 12.1 Å². The van der Waals surface area contributed by atoms with Crippen LogP contribution in [0.4, 0.5) is 0 Å². The van der Waals surface area contributed by atoms with Gasteiger partial charge in [-0.25, -0.2) is 0 Å². The van der Waals surface area contributed by atoms with Crippen molar-refractivity contribution in [2.24, 2.45) is 5.41 Å². The first-order valence-electron chi connectivity index (χ1n) is 8.72. The summed E-state index contributed by atoms with van der Waals surface area (Å²) in [4.78, 5) is 0. The lowest BCUT2D eigenvalue weighted by Gasteiger charge is -2.49. The van der Waals surface area contributed by atoms with E-state index in [2.05, 4.69) is 19.9 Å². The molecule has 3 aliphatic rings. The molecule has 0 amide bonds. The molecule has 2 unspecified atom stereocenters. The Morgan fingerprint density at radius 1 is 1.18 bits per heavy atom. The Kier molecular flexibility index (Phi) is 3.00. The number of phenolic OH excluding ortho intramolecular Hbond substituents is 1. The Labute approximate surface area is 132 Å². The van der Waals surface area contributed by atoms with Crippen LogP contribution in [0.25, 0.3) is 0 Å². The third-order valence-corrected chi connectivity index (χ3v) is 6.75. The van der Waals surface area contributed by atoms with Crippen LogP contribution in [0.5, 0.6) is 5.75 Å². The molecule has 4 rings (SSSR count). The van der Waals surface area contributed by atoms with Crippen molar-refractivity contribution in [1.82, 2.24) is 0 Å². The van der Waals surface area contributed by atoms with Crippen LogP contribution in [0.1, 0.15) is 63.5 Å². The Morgan fingerprint density at radius 3 is 2.77 bits per heavy atom. The molecule has 3 aliphatic carbocycles. The van der Waals surface area contributed by atoms with Gasteiger partial charge in [0, 0.05) is 5.41 Å². The molecule has 22 heavy (non-hydrogen) atoms. The van der Waals surface area contributed by atoms with Gasteiger partial charge in [0.05, 0.1) is 6.10 Å². The van der Waals surface area contributed by atoms with Crippen LogP contribution >= 0.6 is 0 Å². The summed E-state index contributed by atoms with van der Waals surface area (Å²) in [6.07, 6.45) is 7.27. The van der Waals surface area contributed by atoms with Crippen molar-refractivity contribution in [2.45, 2.75) is 70.3 Å². The van der Waals surface area contributed by atoms with E-state index in [4.69, 9.17) is 0 Å². The second kappa shape index (κ2) is 4.61. The number of aliphatic hydroxyl groups is 1. The van der Waals surface area contributed by atoms with Crippen LogP contribution in [-0.4, -0.2) is 16.3 Å². The van der Waals surface area contributed by atoms with Crippen LogP contribution in [0.15, 0.2) is 29.3 Å². The topological polar surface area (TPSA) is 40.5 Å². The number of fused-ring (bicyclic) bond motifs is 4. The maximum absolute atomic E-state index is 10.2. The van der Waals surface area contributed by atoms with E-state index in [9.17, 15) is 10.2 Å². The summed E-state index contributed by atoms with van der Waals surface area (Å²) in [7, 11) is 0. The standard InChI is InChI=1S/C20H26O2/c1-3-20-9-8-19(2)12-15(22)11-18(19)17(20)6-4-13-10-14(21)5-7-16(13)20/h5,7,10,15,21-22H,3-4,6,8-9,11-12H2,1-2H3/t15-,19?,20?/m1/s1. The molecule has 0 spiro atoms. The molecule has 0 bridgehead atoms. The number of aromatic hydroxyl groups is 1. The van der Waals surface area contributed by atoms with Gasteiger partial charge in [0.25, 0.3) is 0 Å². The first-order chi connectivity index (χ1) is 10.5. The number of hydrogen-bond acceptors (Lipinski definition) is 2. The van der Waals surface area contributed by atoms with Crippen LogP contribution in [0, 0.1) is 5.41 Å². The molecule has 1 fully saturated rings. The van der Waals surface area contributed by atoms with Crippen molar-refractivity contribution in [2.75, 3.05) is 0 Å². The fourth-order valence-corrected chi connectivity index (χ4v) is 5.65. The third-order valence-electron chi connectivity index (χ3n) is 6.75. The molecule has 2 heteroatoms. The lowest BCUT2D eigenvalue weighted by molar-refractivity contribution is 0.155. The van der Waals surface area contributed by atoms with Crippen molar-refractivity contribution in [1.29, 1.82) is 0 Å². The molecular weight excluding hydrogens is 272 g/mol. The minimum absolute atomic E-state index is 0.152. The lowest BCUT2D eigenvalue weighted by atomic mass is 9.55. The Morgan fingerprint density at radius 2 is 2.00 bits per heavy atom. The van der Waals surface area contributed by atoms with Crippen molar-refractivity contribution in [3.8, 4) is 5.75 Å². The van der Waals surface area contributed by atoms with E-state index in [1.165, 1.54) is 24.0 Å². The zero-order chi connectivity index (χ0) is 15.5. The predicted molar refractivity (Wildman–Crippen MR) is 88.0 cm³/mol. The van der Waals surface area contributed by atoms with Gasteiger partial charge in [-0.2, -0.15) is 0 Å². The number of hydrogen-bond donors (Lipinski definition) is 2. The third kappa shape index (κ3) is 1.76. The zero-order valence-electron chi connectivity index (χ0n) is 13.7. The van der Waals surface area contributed by atoms with E-state index in [0.717, 1.165) is 32.1 Å². The number of allylic oxidation sites excluding steroid dienone is 1. The van der Waals surface area contributed by atoms with Crippen LogP contribution in [0.3, 0.4) is 0 Å². The van der Waals surface area contributed by atoms with Crippen molar-refractivity contribution in [3.05, 3.63) is 40.5 Å². The van der Waals surface area contributed by atoms with E-state index >= 15 is 0 Å². The number of aliphatic hydroxyl groups excluding tert-OH is 1. The van der Waals surface area contributed by atoms with Gasteiger partial charge >= 0.3 is 0 Å². The molecule has 0 heterocycles. The van der Waals surface area contributed by atoms with Crippen LogP contribution < -0.4 is 0 Å². The first kappa shape index (κ1) is 14.3. The number of rotatable bonds is 1. The highest BCUT2D eigenvalue weighted by Gasteiger charge is 2.51. The van der Waals surface area contributed by atoms with E-state index in [-0.39, 0.29) is 16.9 Å². The van der Waals surface area contributed by atoms with Gasteiger partial charge in [-0.1, -0.05) is 31.1 Å². The molecule has 0 saturated heterocycles. The average molecular weight is 298 g/mol. The van der Waals surface area contributed by atoms with Gasteiger partial charge in [0.15, 0.2) is 0 Å². The minimum Gasteiger partial charge on any atom is -0.508 e. The van der Waals surface area contributed by atoms with E-state index in [0.29, 0.717) is 5.75 Å². The van der Waals surface area contributed by atoms with Crippen molar-refractivity contribution >= 4 is 0 Å². The summed E-state index contributed by atoms with van der Waals surface area (Å²) in [5.74, 6) is 0.387. The molecule has 1 aromatic rings. The monoisotopic (exact) mass is 298 g/mol. The Hall–Kier alpha value is -1.28. The summed E-state index contributed by atoms with van der Waals surface area (Å²) in [6.45, 7) is 4.66. The van der Waals surface area contributed by atoms with Gasteiger partial charge in [0.1, 0.15) is 5.75 Å². The average Bonchev–Trinajstić information content (AvgIpc) is 2.80. The highest BCUT2D eigenvalue weighted by atomic mass is 16.3. The summed E-state index contributed by atoms with van der Waals surface area (Å²) >= 11 is 0. The molecule has 3 atom stereocenters. The molecule has 118 valence electrons. The molecule has 2 N–H and O–H groups in total. The van der Waals surface area contributed by atoms with Gasteiger partial charge in [-0.05, 0) is 73.6 Å². The number of aryl methyl sites for hydroxylation is 1. The molecular formula is C20H26O2. The predicted octanol–water partition coefficient (Wildman–Crippen LogP) is 4.24. The molecule has 1 saturated carbocycles. The highest BCUT2D eigenvalue weighted by molar-refractivity contribution is 5.52. The summed E-state index contributed by atoms with van der Waals surface area (Å²) in [5.41, 5.74) is 6.32. The maximum Gasteiger partial charge on any atom is 0.115 e. The Bertz CT molecular complexity index is 660. The van der Waals surface area contributed by atoms with E-state index in [1.54, 1.807) is 11.1 Å². The summed E-state index contributed by atoms with van der Waals surface area (Å²) in [5, 5.41) is 20.1. The molecule has 1 aromatic carbocycles. The second-order valence-electron chi connectivity index (χ2n) is 7.86. The number of benzene rings is 1. The molecule has 0 aromatic heterocycles. The minimum atomic E-state index is -0.152. The molecule has 2 nitrogen and oxygen atoms in total. The van der Waals surface area contributed by atoms with Crippen molar-refractivity contribution < 1.29 is 10.2 Å². The quantitative estimate of drug-likeness (QED) is 0.761. The summed E-state index contributed by atoms with van der Waals surface area (Å²) in [6, 6.07) is 5.97. The van der Waals surface area contributed by atoms with E-state index < -0.39 is 0 Å². The van der Waals surface area contributed by atoms with Gasteiger partial charge in [0.2, 0.25) is 0 Å². The zero-order valence-corrected chi connectivity index (χ0v) is 13.7. The SMILES string of the molecule is CCC12CCC3(C)C[C@H](O)CC3=C1CCc1cc(O)ccc12. The Balaban J connectivity index is 1.93. The fourth-order valence-electron chi connectivity index (χ4n) is 5.65. The fraction of sp³-hybridized carbons (Fsp3) is 0.600. The molecule has 0 aliphatic heterocycles. The van der Waals surface area contributed by atoms with Gasteiger partial charge < -0.3 is 10.2 Å².